The number of amides is 4. The second-order valence-corrected chi connectivity index (χ2v) is 10.1. The zero-order chi connectivity index (χ0) is 30.7. The summed E-state index contributed by atoms with van der Waals surface area (Å²) >= 11 is 0. The van der Waals surface area contributed by atoms with Crippen molar-refractivity contribution in [3.8, 4) is 11.5 Å². The van der Waals surface area contributed by atoms with Crippen molar-refractivity contribution < 1.29 is 42.2 Å². The van der Waals surface area contributed by atoms with E-state index in [1.165, 1.54) is 24.1 Å². The van der Waals surface area contributed by atoms with E-state index in [4.69, 9.17) is 14.2 Å². The molecule has 0 radical (unpaired) electrons. The molecule has 0 saturated carbocycles. The monoisotopic (exact) mass is 632 g/mol. The lowest BCUT2D eigenvalue weighted by Gasteiger charge is -2.30. The summed E-state index contributed by atoms with van der Waals surface area (Å²) in [4.78, 5) is 53.3. The van der Waals surface area contributed by atoms with Crippen LogP contribution in [-0.4, -0.2) is 70.3 Å². The molecule has 3 aromatic rings. The highest BCUT2D eigenvalue weighted by Crippen LogP contribution is 2.41. The van der Waals surface area contributed by atoms with Crippen LogP contribution in [0.3, 0.4) is 0 Å². The molecule has 4 amide bonds. The van der Waals surface area contributed by atoms with Crippen LogP contribution in [0.2, 0.25) is 0 Å². The minimum absolute atomic E-state index is 0. The van der Waals surface area contributed by atoms with E-state index in [-0.39, 0.29) is 48.0 Å². The van der Waals surface area contributed by atoms with Gasteiger partial charge in [0.15, 0.2) is 0 Å². The quantitative estimate of drug-likeness (QED) is 0.240. The Hall–Kier alpha value is -4.33. The number of carbonyl (C=O) groups excluding carboxylic acids is 4. The molecule has 2 N–H and O–H groups in total. The topological polar surface area (TPSA) is 127 Å². The van der Waals surface area contributed by atoms with E-state index >= 15 is 0 Å². The van der Waals surface area contributed by atoms with Crippen molar-refractivity contribution >= 4 is 58.4 Å². The van der Waals surface area contributed by atoms with Crippen LogP contribution in [0.1, 0.15) is 28.8 Å². The number of imide groups is 1. The van der Waals surface area contributed by atoms with Crippen molar-refractivity contribution in [3.63, 3.8) is 0 Å². The summed E-state index contributed by atoms with van der Waals surface area (Å²) in [5.74, 6) is -1.40. The van der Waals surface area contributed by atoms with E-state index in [0.717, 1.165) is 4.90 Å². The number of nitrogens with one attached hydrogen (secondary N) is 2. The lowest BCUT2D eigenvalue weighted by molar-refractivity contribution is -0.134. The smallest absolute Gasteiger partial charge is 0.419 e. The van der Waals surface area contributed by atoms with Crippen LogP contribution in [0.5, 0.6) is 11.5 Å². The Morgan fingerprint density at radius 1 is 1.14 bits per heavy atom. The van der Waals surface area contributed by atoms with Crippen molar-refractivity contribution in [2.24, 2.45) is 0 Å². The van der Waals surface area contributed by atoms with E-state index in [2.05, 4.69) is 10.6 Å². The normalized spacial score (nSPS) is 15.8. The molecular weight excluding hydrogens is 602 g/mol. The molecule has 5 rings (SSSR count). The first-order chi connectivity index (χ1) is 20.7. The molecule has 2 aliphatic heterocycles. The fourth-order valence-electron chi connectivity index (χ4n) is 5.18. The Kier molecular flexibility index (Phi) is 10.3. The summed E-state index contributed by atoms with van der Waals surface area (Å²) in [7, 11) is 3.21. The number of hydrogen-bond acceptors (Lipinski definition) is 8. The van der Waals surface area contributed by atoms with Crippen molar-refractivity contribution in [1.82, 2.24) is 10.6 Å². The number of nitrogens with zero attached hydrogens (tertiary/aromatic N) is 2. The molecule has 14 heteroatoms. The van der Waals surface area contributed by atoms with Crippen molar-refractivity contribution in [2.45, 2.75) is 31.9 Å². The minimum atomic E-state index is -3.07. The van der Waals surface area contributed by atoms with Crippen LogP contribution in [-0.2, 0) is 20.7 Å². The Morgan fingerprint density at radius 2 is 1.93 bits per heavy atom. The van der Waals surface area contributed by atoms with Crippen molar-refractivity contribution in [2.75, 3.05) is 43.7 Å². The maximum absolute atomic E-state index is 13.5. The first-order valence-corrected chi connectivity index (χ1v) is 13.7. The number of rotatable bonds is 11. The number of carbonyl (C=O) groups is 4. The average molecular weight is 633 g/mol. The van der Waals surface area contributed by atoms with Gasteiger partial charge in [-0.1, -0.05) is 18.2 Å². The van der Waals surface area contributed by atoms with Gasteiger partial charge in [0, 0.05) is 31.5 Å². The van der Waals surface area contributed by atoms with Gasteiger partial charge in [-0.3, -0.25) is 29.5 Å². The molecule has 0 aliphatic carbocycles. The van der Waals surface area contributed by atoms with E-state index in [1.54, 1.807) is 43.4 Å². The summed E-state index contributed by atoms with van der Waals surface area (Å²) < 4.78 is 42.1. The number of hydrogen-bond donors (Lipinski definition) is 2. The second-order valence-electron chi connectivity index (χ2n) is 10.1. The molecule has 44 heavy (non-hydrogen) atoms. The third-order valence-corrected chi connectivity index (χ3v) is 7.30. The standard InChI is InChI=1S/C30H30F2N4O7.ClH/c1-33-11-13-41-12-10-17-6-7-19(15-24(17)43-29(31)32)35(2)30(40)42-20-14-18-4-3-5-22-26(18)21(16-20)28(39)36(22)23-8-9-25(37)34-27(23)38;/h3-7,14-16,23,29,33H,8-13H2,1-2H3,(H,34,37,38);1H. The number of anilines is 2. The predicted molar refractivity (Wildman–Crippen MR) is 160 cm³/mol. The predicted octanol–water partition coefficient (Wildman–Crippen LogP) is 4.04. The van der Waals surface area contributed by atoms with Gasteiger partial charge >= 0.3 is 12.7 Å². The van der Waals surface area contributed by atoms with Crippen LogP contribution in [0.4, 0.5) is 25.0 Å². The third kappa shape index (κ3) is 6.74. The van der Waals surface area contributed by atoms with E-state index in [9.17, 15) is 28.0 Å². The van der Waals surface area contributed by atoms with Crippen LogP contribution >= 0.6 is 12.4 Å². The number of likely N-dealkylation sites (N-methyl/N-ethyl adjacent to an activating group) is 1. The van der Waals surface area contributed by atoms with Gasteiger partial charge in [0.25, 0.3) is 5.91 Å². The molecule has 234 valence electrons. The largest absolute Gasteiger partial charge is 0.434 e. The zero-order valence-corrected chi connectivity index (χ0v) is 24.7. The fourth-order valence-corrected chi connectivity index (χ4v) is 5.18. The molecular formula is C30H31ClF2N4O7. The fraction of sp³-hybridized carbons (Fsp3) is 0.333. The van der Waals surface area contributed by atoms with Gasteiger partial charge in [-0.2, -0.15) is 8.78 Å². The molecule has 0 bridgehead atoms. The molecule has 0 spiro atoms. The molecule has 0 aromatic heterocycles. The van der Waals surface area contributed by atoms with Gasteiger partial charge in [0.05, 0.1) is 30.2 Å². The number of halogens is 3. The highest BCUT2D eigenvalue weighted by molar-refractivity contribution is 6.27. The van der Waals surface area contributed by atoms with Crippen LogP contribution < -0.4 is 29.9 Å². The van der Waals surface area contributed by atoms with E-state index < -0.39 is 36.5 Å². The average Bonchev–Trinajstić information content (AvgIpc) is 3.25. The lowest BCUT2D eigenvalue weighted by atomic mass is 10.0. The zero-order valence-electron chi connectivity index (χ0n) is 23.9. The van der Waals surface area contributed by atoms with E-state index in [0.29, 0.717) is 48.2 Å². The summed E-state index contributed by atoms with van der Waals surface area (Å²) in [6.45, 7) is -1.65. The van der Waals surface area contributed by atoms with Gasteiger partial charge in [-0.25, -0.2) is 4.79 Å². The van der Waals surface area contributed by atoms with Gasteiger partial charge in [-0.15, -0.1) is 12.4 Å². The van der Waals surface area contributed by atoms with Gasteiger partial charge in [-0.05, 0) is 55.1 Å². The summed E-state index contributed by atoms with van der Waals surface area (Å²) in [6.07, 6.45) is -0.211. The maximum Gasteiger partial charge on any atom is 0.419 e. The molecule has 2 heterocycles. The maximum atomic E-state index is 13.5. The Labute approximate surface area is 257 Å². The molecule has 3 aromatic carbocycles. The van der Waals surface area contributed by atoms with E-state index in [1.807, 2.05) is 0 Å². The Balaban J connectivity index is 0.00000442. The summed E-state index contributed by atoms with van der Waals surface area (Å²) in [5, 5.41) is 6.44. The van der Waals surface area contributed by atoms with Gasteiger partial charge in [0.2, 0.25) is 11.8 Å². The molecule has 11 nitrogen and oxygen atoms in total. The molecule has 1 fully saturated rings. The van der Waals surface area contributed by atoms with Gasteiger partial charge in [0.1, 0.15) is 17.5 Å². The third-order valence-electron chi connectivity index (χ3n) is 7.30. The first-order valence-electron chi connectivity index (χ1n) is 13.7. The lowest BCUT2D eigenvalue weighted by Crippen LogP contribution is -2.53. The van der Waals surface area contributed by atoms with Crippen LogP contribution in [0.15, 0.2) is 48.5 Å². The van der Waals surface area contributed by atoms with Crippen molar-refractivity contribution in [1.29, 1.82) is 0 Å². The van der Waals surface area contributed by atoms with Crippen molar-refractivity contribution in [3.05, 3.63) is 59.7 Å². The second kappa shape index (κ2) is 14.0. The number of ether oxygens (including phenoxy) is 3. The number of alkyl halides is 2. The van der Waals surface area contributed by atoms with Gasteiger partial charge < -0.3 is 19.5 Å². The SMILES string of the molecule is CNCCOCCc1ccc(N(C)C(=O)Oc2cc3c4c(cccc4c2)N(C2CCC(=O)NC2=O)C3=O)cc1OC(F)F.Cl. The first kappa shape index (κ1) is 32.6. The summed E-state index contributed by atoms with van der Waals surface area (Å²) in [5.41, 5.74) is 1.51. The van der Waals surface area contributed by atoms with Crippen LogP contribution in [0.25, 0.3) is 10.8 Å². The molecule has 2 aliphatic rings. The van der Waals surface area contributed by atoms with Crippen LogP contribution in [0, 0.1) is 0 Å². The highest BCUT2D eigenvalue weighted by atomic mass is 35.5. The number of benzene rings is 3. The summed E-state index contributed by atoms with van der Waals surface area (Å²) in [6, 6.07) is 11.8. The molecule has 1 atom stereocenters. The Morgan fingerprint density at radius 3 is 2.66 bits per heavy atom. The Bertz CT molecular complexity index is 1590. The molecule has 1 saturated heterocycles. The molecule has 1 unspecified atom stereocenters. The highest BCUT2D eigenvalue weighted by Gasteiger charge is 2.41. The minimum Gasteiger partial charge on any atom is -0.434 e. The number of piperidine rings is 1.